The minimum absolute atomic E-state index is 0.201. The van der Waals surface area contributed by atoms with Crippen LogP contribution in [-0.2, 0) is 10.2 Å². The first kappa shape index (κ1) is 9.91. The number of β-amino-alcohol motifs (C(OH)–C–C–N with tert-alkyl or cyclic N) is 1. The molecule has 12 heavy (non-hydrogen) atoms. The summed E-state index contributed by atoms with van der Waals surface area (Å²) >= 11 is 0. The Morgan fingerprint density at radius 2 is 2.08 bits per heavy atom. The summed E-state index contributed by atoms with van der Waals surface area (Å²) < 4.78 is 25.6. The van der Waals surface area contributed by atoms with E-state index in [9.17, 15) is 13.5 Å². The standard InChI is InChI=1S/C6H14N2O3S/c1-3-6(9)4-8(5-6)12(10,11)7-2/h7,9H,3-5H2,1-2H3. The van der Waals surface area contributed by atoms with E-state index in [0.717, 1.165) is 0 Å². The summed E-state index contributed by atoms with van der Waals surface area (Å²) in [4.78, 5) is 0. The van der Waals surface area contributed by atoms with Crippen molar-refractivity contribution in [3.05, 3.63) is 0 Å². The lowest BCUT2D eigenvalue weighted by Gasteiger charge is -2.44. The van der Waals surface area contributed by atoms with Gasteiger partial charge < -0.3 is 5.11 Å². The van der Waals surface area contributed by atoms with Gasteiger partial charge >= 0.3 is 0 Å². The molecule has 0 radical (unpaired) electrons. The predicted molar refractivity (Wildman–Crippen MR) is 44.8 cm³/mol. The number of nitrogens with zero attached hydrogens (tertiary/aromatic N) is 1. The fourth-order valence-corrected chi connectivity index (χ4v) is 2.21. The van der Waals surface area contributed by atoms with Crippen molar-refractivity contribution >= 4 is 10.2 Å². The lowest BCUT2D eigenvalue weighted by Crippen LogP contribution is -2.64. The first-order valence-electron chi connectivity index (χ1n) is 3.84. The summed E-state index contributed by atoms with van der Waals surface area (Å²) in [6.45, 7) is 2.24. The molecule has 0 atom stereocenters. The average molecular weight is 194 g/mol. The zero-order chi connectivity index (χ0) is 9.41. The Labute approximate surface area is 72.6 Å². The van der Waals surface area contributed by atoms with Crippen molar-refractivity contribution in [2.24, 2.45) is 0 Å². The maximum atomic E-state index is 11.1. The van der Waals surface area contributed by atoms with Crippen molar-refractivity contribution in [2.75, 3.05) is 20.1 Å². The van der Waals surface area contributed by atoms with Crippen LogP contribution in [0, 0.1) is 0 Å². The largest absolute Gasteiger partial charge is 0.387 e. The van der Waals surface area contributed by atoms with Crippen LogP contribution in [-0.4, -0.2) is 43.6 Å². The second-order valence-electron chi connectivity index (χ2n) is 3.06. The van der Waals surface area contributed by atoms with Crippen molar-refractivity contribution in [3.8, 4) is 0 Å². The minimum atomic E-state index is -3.32. The third-order valence-corrected chi connectivity index (χ3v) is 3.65. The number of hydrogen-bond donors (Lipinski definition) is 2. The van der Waals surface area contributed by atoms with Gasteiger partial charge in [0, 0.05) is 20.1 Å². The molecule has 1 rings (SSSR count). The van der Waals surface area contributed by atoms with Gasteiger partial charge in [-0.15, -0.1) is 0 Å². The third-order valence-electron chi connectivity index (χ3n) is 2.20. The second-order valence-corrected chi connectivity index (χ2v) is 4.93. The summed E-state index contributed by atoms with van der Waals surface area (Å²) in [6, 6.07) is 0. The molecule has 0 spiro atoms. The van der Waals surface area contributed by atoms with Gasteiger partial charge in [-0.05, 0) is 6.42 Å². The Balaban J connectivity index is 2.56. The van der Waals surface area contributed by atoms with Crippen LogP contribution in [0.1, 0.15) is 13.3 Å². The Hall–Kier alpha value is -0.170. The van der Waals surface area contributed by atoms with Crippen molar-refractivity contribution in [1.82, 2.24) is 9.03 Å². The molecule has 2 N–H and O–H groups in total. The highest BCUT2D eigenvalue weighted by atomic mass is 32.2. The number of aliphatic hydroxyl groups is 1. The van der Waals surface area contributed by atoms with Crippen molar-refractivity contribution in [3.63, 3.8) is 0 Å². The van der Waals surface area contributed by atoms with E-state index in [0.29, 0.717) is 6.42 Å². The highest BCUT2D eigenvalue weighted by Crippen LogP contribution is 2.25. The van der Waals surface area contributed by atoms with Gasteiger partial charge in [0.15, 0.2) is 0 Å². The first-order chi connectivity index (χ1) is 5.43. The molecule has 5 nitrogen and oxygen atoms in total. The predicted octanol–water partition coefficient (Wildman–Crippen LogP) is -1.09. The van der Waals surface area contributed by atoms with Crippen molar-refractivity contribution in [2.45, 2.75) is 18.9 Å². The van der Waals surface area contributed by atoms with E-state index in [1.165, 1.54) is 11.4 Å². The molecule has 72 valence electrons. The topological polar surface area (TPSA) is 69.6 Å². The van der Waals surface area contributed by atoms with Gasteiger partial charge in [0.05, 0.1) is 5.60 Å². The third kappa shape index (κ3) is 1.61. The molecule has 1 aliphatic rings. The molecule has 0 saturated carbocycles. The van der Waals surface area contributed by atoms with Crippen LogP contribution in [0.15, 0.2) is 0 Å². The monoisotopic (exact) mass is 194 g/mol. The molecule has 1 fully saturated rings. The Bertz CT molecular complexity index is 256. The molecule has 0 unspecified atom stereocenters. The maximum absolute atomic E-state index is 11.1. The number of hydrogen-bond acceptors (Lipinski definition) is 3. The maximum Gasteiger partial charge on any atom is 0.279 e. The lowest BCUT2D eigenvalue weighted by atomic mass is 9.94. The summed E-state index contributed by atoms with van der Waals surface area (Å²) in [6.07, 6.45) is 0.586. The average Bonchev–Trinajstić information content (AvgIpc) is 1.98. The second kappa shape index (κ2) is 2.95. The minimum Gasteiger partial charge on any atom is -0.387 e. The molecule has 1 heterocycles. The van der Waals surface area contributed by atoms with E-state index in [2.05, 4.69) is 4.72 Å². The zero-order valence-corrected chi connectivity index (χ0v) is 8.06. The normalized spacial score (nSPS) is 23.6. The Morgan fingerprint density at radius 1 is 1.58 bits per heavy atom. The zero-order valence-electron chi connectivity index (χ0n) is 7.24. The van der Waals surface area contributed by atoms with Gasteiger partial charge in [-0.2, -0.15) is 12.7 Å². The number of rotatable bonds is 3. The molecule has 0 amide bonds. The van der Waals surface area contributed by atoms with E-state index < -0.39 is 15.8 Å². The molecular formula is C6H14N2O3S. The van der Waals surface area contributed by atoms with E-state index in [1.807, 2.05) is 6.92 Å². The van der Waals surface area contributed by atoms with Crippen LogP contribution in [0.2, 0.25) is 0 Å². The summed E-state index contributed by atoms with van der Waals surface area (Å²) in [5.41, 5.74) is -0.802. The van der Waals surface area contributed by atoms with Crippen LogP contribution < -0.4 is 4.72 Å². The van der Waals surface area contributed by atoms with Crippen LogP contribution in [0.4, 0.5) is 0 Å². The fraction of sp³-hybridized carbons (Fsp3) is 1.00. The SMILES string of the molecule is CCC1(O)CN(S(=O)(=O)NC)C1. The summed E-state index contributed by atoms with van der Waals surface area (Å²) in [5, 5.41) is 9.51. The van der Waals surface area contributed by atoms with Gasteiger partial charge in [0.1, 0.15) is 0 Å². The Morgan fingerprint density at radius 3 is 2.42 bits per heavy atom. The van der Waals surface area contributed by atoms with Gasteiger partial charge in [-0.25, -0.2) is 4.72 Å². The van der Waals surface area contributed by atoms with E-state index in [-0.39, 0.29) is 13.1 Å². The lowest BCUT2D eigenvalue weighted by molar-refractivity contribution is -0.0617. The quantitative estimate of drug-likeness (QED) is 0.599. The van der Waals surface area contributed by atoms with Crippen LogP contribution in [0.3, 0.4) is 0 Å². The molecule has 1 aliphatic heterocycles. The van der Waals surface area contributed by atoms with Gasteiger partial charge in [-0.1, -0.05) is 6.92 Å². The summed E-state index contributed by atoms with van der Waals surface area (Å²) in [5.74, 6) is 0. The molecule has 1 saturated heterocycles. The molecule has 0 aromatic rings. The highest BCUT2D eigenvalue weighted by molar-refractivity contribution is 7.87. The van der Waals surface area contributed by atoms with Crippen LogP contribution in [0.25, 0.3) is 0 Å². The molecule has 0 aromatic carbocycles. The van der Waals surface area contributed by atoms with E-state index in [4.69, 9.17) is 0 Å². The molecule has 0 bridgehead atoms. The molecule has 0 aromatic heterocycles. The van der Waals surface area contributed by atoms with Gasteiger partial charge in [-0.3, -0.25) is 0 Å². The van der Waals surface area contributed by atoms with Gasteiger partial charge in [0.2, 0.25) is 0 Å². The molecule has 6 heteroatoms. The smallest absolute Gasteiger partial charge is 0.279 e. The number of nitrogens with one attached hydrogen (secondary N) is 1. The molecule has 0 aliphatic carbocycles. The summed E-state index contributed by atoms with van der Waals surface area (Å²) in [7, 11) is -1.96. The van der Waals surface area contributed by atoms with E-state index in [1.54, 1.807) is 0 Å². The first-order valence-corrected chi connectivity index (χ1v) is 5.28. The van der Waals surface area contributed by atoms with Crippen molar-refractivity contribution < 1.29 is 13.5 Å². The van der Waals surface area contributed by atoms with E-state index >= 15 is 0 Å². The fourth-order valence-electron chi connectivity index (χ4n) is 1.13. The van der Waals surface area contributed by atoms with Gasteiger partial charge in [0.25, 0.3) is 10.2 Å². The molecular weight excluding hydrogens is 180 g/mol. The Kier molecular flexibility index (Phi) is 2.44. The van der Waals surface area contributed by atoms with Crippen LogP contribution >= 0.6 is 0 Å². The highest BCUT2D eigenvalue weighted by Gasteiger charge is 2.44. The van der Waals surface area contributed by atoms with Crippen molar-refractivity contribution in [1.29, 1.82) is 0 Å². The van der Waals surface area contributed by atoms with Crippen LogP contribution in [0.5, 0.6) is 0 Å².